The van der Waals surface area contributed by atoms with Crippen molar-refractivity contribution in [3.05, 3.63) is 35.4 Å². The zero-order valence-electron chi connectivity index (χ0n) is 15.5. The third-order valence-corrected chi connectivity index (χ3v) is 7.24. The summed E-state index contributed by atoms with van der Waals surface area (Å²) in [6, 6.07) is 8.93. The number of alkyl carbamates (subject to hydrolysis) is 1. The number of nitrogens with zero attached hydrogens (tertiary/aromatic N) is 1. The molecule has 0 bridgehead atoms. The average molecular weight is 354 g/mol. The minimum atomic E-state index is -0.439. The molecule has 138 valence electrons. The predicted molar refractivity (Wildman–Crippen MR) is 96.8 cm³/mol. The molecule has 4 atom stereocenters. The van der Waals surface area contributed by atoms with E-state index >= 15 is 0 Å². The Labute approximate surface area is 154 Å². The van der Waals surface area contributed by atoms with Crippen molar-refractivity contribution in [2.75, 3.05) is 19.7 Å². The van der Waals surface area contributed by atoms with Crippen molar-refractivity contribution in [2.45, 2.75) is 50.0 Å². The smallest absolute Gasteiger partial charge is 0.407 e. The minimum absolute atomic E-state index is 0.120. The Morgan fingerprint density at radius 2 is 2.23 bits per heavy atom. The highest BCUT2D eigenvalue weighted by atomic mass is 16.6. The highest BCUT2D eigenvalue weighted by molar-refractivity contribution is 5.84. The number of nitrogens with one attached hydrogen (secondary N) is 1. The lowest BCUT2D eigenvalue weighted by Crippen LogP contribution is -2.62. The lowest BCUT2D eigenvalue weighted by molar-refractivity contribution is -0.142. The lowest BCUT2D eigenvalue weighted by Gasteiger charge is -2.45. The Kier molecular flexibility index (Phi) is 3.26. The van der Waals surface area contributed by atoms with Gasteiger partial charge in [0.1, 0.15) is 6.61 Å². The molecule has 2 amide bonds. The topological polar surface area (TPSA) is 58.6 Å². The molecule has 3 unspecified atom stereocenters. The number of benzene rings is 1. The van der Waals surface area contributed by atoms with Crippen molar-refractivity contribution in [2.24, 2.45) is 11.8 Å². The fourth-order valence-electron chi connectivity index (χ4n) is 5.31. The quantitative estimate of drug-likeness (QED) is 0.908. The maximum Gasteiger partial charge on any atom is 0.407 e. The van der Waals surface area contributed by atoms with Gasteiger partial charge in [-0.25, -0.2) is 4.79 Å². The number of amides is 2. The van der Waals surface area contributed by atoms with Crippen LogP contribution in [0.1, 0.15) is 50.2 Å². The van der Waals surface area contributed by atoms with Crippen LogP contribution in [0.15, 0.2) is 24.3 Å². The molecule has 2 heterocycles. The van der Waals surface area contributed by atoms with Crippen LogP contribution in [0.5, 0.6) is 0 Å². The average Bonchev–Trinajstić information content (AvgIpc) is 2.97. The summed E-state index contributed by atoms with van der Waals surface area (Å²) in [6.07, 6.45) is 2.50. The van der Waals surface area contributed by atoms with Gasteiger partial charge in [-0.05, 0) is 42.2 Å². The molecular formula is C21H26N2O3. The molecule has 2 saturated carbocycles. The van der Waals surface area contributed by atoms with Crippen LogP contribution < -0.4 is 5.32 Å². The molecule has 5 rings (SSSR count). The summed E-state index contributed by atoms with van der Waals surface area (Å²) in [5, 5.41) is 2.90. The third-order valence-electron chi connectivity index (χ3n) is 7.24. The van der Waals surface area contributed by atoms with Crippen molar-refractivity contribution >= 4 is 12.0 Å². The van der Waals surface area contributed by atoms with Crippen LogP contribution in [-0.4, -0.2) is 42.1 Å². The van der Waals surface area contributed by atoms with Gasteiger partial charge >= 0.3 is 6.09 Å². The first kappa shape index (κ1) is 16.2. The Balaban J connectivity index is 1.33. The number of likely N-dealkylation sites (tertiary alicyclic amines) is 1. The number of piperidine rings is 1. The molecule has 5 heteroatoms. The second-order valence-corrected chi connectivity index (χ2v) is 9.00. The molecule has 2 saturated heterocycles. The second kappa shape index (κ2) is 5.24. The van der Waals surface area contributed by atoms with Gasteiger partial charge in [0.25, 0.3) is 0 Å². The van der Waals surface area contributed by atoms with E-state index in [2.05, 4.69) is 43.4 Å². The lowest BCUT2D eigenvalue weighted by atomic mass is 9.66. The summed E-state index contributed by atoms with van der Waals surface area (Å²) in [7, 11) is 0. The zero-order chi connectivity index (χ0) is 18.1. The van der Waals surface area contributed by atoms with Crippen LogP contribution in [0, 0.1) is 11.8 Å². The predicted octanol–water partition coefficient (Wildman–Crippen LogP) is 2.80. The number of hydrogen-bond donors (Lipinski definition) is 1. The maximum absolute atomic E-state index is 13.1. The number of carbonyl (C=O) groups excluding carboxylic acids is 2. The zero-order valence-corrected chi connectivity index (χ0v) is 15.5. The van der Waals surface area contributed by atoms with E-state index in [0.717, 1.165) is 25.9 Å². The van der Waals surface area contributed by atoms with Crippen LogP contribution in [-0.2, 0) is 14.9 Å². The van der Waals surface area contributed by atoms with E-state index in [4.69, 9.17) is 4.74 Å². The summed E-state index contributed by atoms with van der Waals surface area (Å²) in [6.45, 7) is 6.45. The van der Waals surface area contributed by atoms with E-state index in [1.54, 1.807) is 0 Å². The number of fused-ring (bicyclic) bond motifs is 1. The highest BCUT2D eigenvalue weighted by Gasteiger charge is 2.64. The molecule has 4 aliphatic rings. The molecule has 2 aliphatic carbocycles. The Bertz CT molecular complexity index is 791. The van der Waals surface area contributed by atoms with Crippen molar-refractivity contribution in [1.82, 2.24) is 10.2 Å². The summed E-state index contributed by atoms with van der Waals surface area (Å²) >= 11 is 0. The molecular weight excluding hydrogens is 328 g/mol. The molecule has 1 aromatic carbocycles. The van der Waals surface area contributed by atoms with E-state index in [9.17, 15) is 9.59 Å². The first-order chi connectivity index (χ1) is 12.4. The Hall–Kier alpha value is -2.04. The Morgan fingerprint density at radius 1 is 1.38 bits per heavy atom. The van der Waals surface area contributed by atoms with Crippen molar-refractivity contribution in [3.63, 3.8) is 0 Å². The van der Waals surface area contributed by atoms with Gasteiger partial charge in [0.2, 0.25) is 5.91 Å². The number of rotatable bonds is 3. The minimum Gasteiger partial charge on any atom is -0.447 e. The molecule has 1 N–H and O–H groups in total. The standard InChI is InChI=1S/C21H26N2O3/c1-13(2)14-4-3-5-15(8-14)20-9-16(20)10-23(11-20)18(24)17-6-7-21(17)12-26-19(25)22-21/h3-5,8,13,16-17H,6-7,9-12H2,1-2H3,(H,22,25)/t16?,17?,20-,21?/m1/s1. The third kappa shape index (κ3) is 2.15. The molecule has 1 aromatic rings. The van der Waals surface area contributed by atoms with E-state index in [1.165, 1.54) is 17.5 Å². The van der Waals surface area contributed by atoms with E-state index in [-0.39, 0.29) is 23.3 Å². The van der Waals surface area contributed by atoms with Gasteiger partial charge in [0.05, 0.1) is 11.5 Å². The number of ether oxygens (including phenoxy) is 1. The van der Waals surface area contributed by atoms with Crippen LogP contribution >= 0.6 is 0 Å². The van der Waals surface area contributed by atoms with Gasteiger partial charge < -0.3 is 15.0 Å². The monoisotopic (exact) mass is 354 g/mol. The SMILES string of the molecule is CC(C)c1cccc([C@]23CC2CN(C(=O)C2CCC24COC(=O)N4)C3)c1. The van der Waals surface area contributed by atoms with Gasteiger partial charge in [0.15, 0.2) is 0 Å². The molecule has 1 spiro atoms. The van der Waals surface area contributed by atoms with Gasteiger partial charge in [-0.15, -0.1) is 0 Å². The van der Waals surface area contributed by atoms with Crippen molar-refractivity contribution in [1.29, 1.82) is 0 Å². The van der Waals surface area contributed by atoms with Crippen LogP contribution in [0.3, 0.4) is 0 Å². The van der Waals surface area contributed by atoms with Crippen molar-refractivity contribution < 1.29 is 14.3 Å². The van der Waals surface area contributed by atoms with Gasteiger partial charge in [-0.2, -0.15) is 0 Å². The highest BCUT2D eigenvalue weighted by Crippen LogP contribution is 2.60. The summed E-state index contributed by atoms with van der Waals surface area (Å²) < 4.78 is 5.09. The molecule has 0 aromatic heterocycles. The number of hydrogen-bond acceptors (Lipinski definition) is 3. The Morgan fingerprint density at radius 3 is 2.88 bits per heavy atom. The maximum atomic E-state index is 13.1. The number of carbonyl (C=O) groups is 2. The summed E-state index contributed by atoms with van der Waals surface area (Å²) in [5.41, 5.74) is 2.49. The van der Waals surface area contributed by atoms with Gasteiger partial charge in [-0.1, -0.05) is 38.1 Å². The summed E-state index contributed by atoms with van der Waals surface area (Å²) in [4.78, 5) is 26.6. The molecule has 26 heavy (non-hydrogen) atoms. The molecule has 0 radical (unpaired) electrons. The normalized spacial score (nSPS) is 37.3. The van der Waals surface area contributed by atoms with Crippen molar-refractivity contribution in [3.8, 4) is 0 Å². The van der Waals surface area contributed by atoms with E-state index in [1.807, 2.05) is 4.90 Å². The van der Waals surface area contributed by atoms with E-state index in [0.29, 0.717) is 18.4 Å². The van der Waals surface area contributed by atoms with Crippen LogP contribution in [0.25, 0.3) is 0 Å². The van der Waals surface area contributed by atoms with Gasteiger partial charge in [0, 0.05) is 18.5 Å². The fourth-order valence-corrected chi connectivity index (χ4v) is 5.31. The van der Waals surface area contributed by atoms with Crippen LogP contribution in [0.4, 0.5) is 4.79 Å². The molecule has 4 fully saturated rings. The van der Waals surface area contributed by atoms with Gasteiger partial charge in [-0.3, -0.25) is 4.79 Å². The number of cyclic esters (lactones) is 1. The fraction of sp³-hybridized carbons (Fsp3) is 0.619. The summed E-state index contributed by atoms with van der Waals surface area (Å²) in [5.74, 6) is 1.18. The first-order valence-corrected chi connectivity index (χ1v) is 9.78. The molecule has 5 nitrogen and oxygen atoms in total. The van der Waals surface area contributed by atoms with Crippen LogP contribution in [0.2, 0.25) is 0 Å². The molecule has 2 aliphatic heterocycles. The van der Waals surface area contributed by atoms with E-state index < -0.39 is 5.54 Å². The second-order valence-electron chi connectivity index (χ2n) is 9.00. The largest absolute Gasteiger partial charge is 0.447 e. The first-order valence-electron chi connectivity index (χ1n) is 9.78.